The first kappa shape index (κ1) is 17.6. The van der Waals surface area contributed by atoms with E-state index in [2.05, 4.69) is 15.6 Å². The average molecular weight is 331 g/mol. The third-order valence-corrected chi connectivity index (χ3v) is 3.40. The molecule has 0 radical (unpaired) electrons. The molecule has 128 valence electrons. The molecule has 0 spiro atoms. The van der Waals surface area contributed by atoms with Gasteiger partial charge in [-0.15, -0.1) is 0 Å². The minimum absolute atomic E-state index is 0.105. The van der Waals surface area contributed by atoms with Crippen molar-refractivity contribution in [3.8, 4) is 11.5 Å². The summed E-state index contributed by atoms with van der Waals surface area (Å²) < 4.78 is 18.3. The van der Waals surface area contributed by atoms with Crippen LogP contribution >= 0.6 is 0 Å². The van der Waals surface area contributed by atoms with E-state index in [1.807, 2.05) is 19.1 Å². The highest BCUT2D eigenvalue weighted by atomic mass is 19.1. The Balaban J connectivity index is 2.04. The predicted molar refractivity (Wildman–Crippen MR) is 92.7 cm³/mol. The second kappa shape index (κ2) is 8.76. The van der Waals surface area contributed by atoms with Crippen LogP contribution in [0, 0.1) is 5.82 Å². The number of guanidine groups is 1. The fraction of sp³-hybridized carbons (Fsp3) is 0.278. The Bertz CT molecular complexity index is 704. The van der Waals surface area contributed by atoms with Gasteiger partial charge in [-0.25, -0.2) is 9.38 Å². The van der Waals surface area contributed by atoms with Crippen molar-refractivity contribution < 1.29 is 14.2 Å². The Labute approximate surface area is 141 Å². The minimum atomic E-state index is -0.276. The van der Waals surface area contributed by atoms with Gasteiger partial charge in [0, 0.05) is 18.7 Å². The van der Waals surface area contributed by atoms with Crippen LogP contribution in [0.1, 0.15) is 18.1 Å². The number of aromatic hydroxyl groups is 1. The predicted octanol–water partition coefficient (Wildman–Crippen LogP) is 2.80. The Morgan fingerprint density at radius 2 is 2.00 bits per heavy atom. The zero-order chi connectivity index (χ0) is 17.4. The molecular formula is C18H22FN3O2. The molecule has 3 N–H and O–H groups in total. The molecule has 0 amide bonds. The molecule has 5 nitrogen and oxygen atoms in total. The molecule has 0 aromatic heterocycles. The SMILES string of the molecule is CCNC(=NCc1cccc(F)c1)NCc1cccc(OC)c1O. The molecule has 0 saturated carbocycles. The number of ether oxygens (including phenoxy) is 1. The number of halogens is 1. The van der Waals surface area contributed by atoms with E-state index < -0.39 is 0 Å². The molecule has 2 aromatic carbocycles. The zero-order valence-electron chi connectivity index (χ0n) is 13.8. The first-order valence-corrected chi connectivity index (χ1v) is 7.75. The number of phenolic OH excluding ortho intramolecular Hbond substituents is 1. The summed E-state index contributed by atoms with van der Waals surface area (Å²) in [5.74, 6) is 0.843. The summed E-state index contributed by atoms with van der Waals surface area (Å²) in [6, 6.07) is 11.7. The number of phenols is 1. The highest BCUT2D eigenvalue weighted by Crippen LogP contribution is 2.29. The van der Waals surface area contributed by atoms with Crippen LogP contribution in [-0.2, 0) is 13.1 Å². The third kappa shape index (κ3) is 4.87. The van der Waals surface area contributed by atoms with Gasteiger partial charge in [0.15, 0.2) is 17.5 Å². The van der Waals surface area contributed by atoms with Crippen LogP contribution in [0.3, 0.4) is 0 Å². The first-order valence-electron chi connectivity index (χ1n) is 7.75. The number of nitrogens with one attached hydrogen (secondary N) is 2. The lowest BCUT2D eigenvalue weighted by Crippen LogP contribution is -2.36. The van der Waals surface area contributed by atoms with Crippen LogP contribution in [0.4, 0.5) is 4.39 Å². The van der Waals surface area contributed by atoms with Gasteiger partial charge in [-0.05, 0) is 30.7 Å². The van der Waals surface area contributed by atoms with Crippen molar-refractivity contribution in [2.24, 2.45) is 4.99 Å². The largest absolute Gasteiger partial charge is 0.504 e. The number of methoxy groups -OCH3 is 1. The molecular weight excluding hydrogens is 309 g/mol. The molecule has 2 rings (SSSR count). The molecule has 2 aromatic rings. The summed E-state index contributed by atoms with van der Waals surface area (Å²) in [6.45, 7) is 3.40. The number of rotatable bonds is 6. The Morgan fingerprint density at radius 3 is 2.71 bits per heavy atom. The van der Waals surface area contributed by atoms with E-state index in [0.29, 0.717) is 36.9 Å². The van der Waals surface area contributed by atoms with Gasteiger partial charge in [0.25, 0.3) is 0 Å². The normalized spacial score (nSPS) is 11.2. The van der Waals surface area contributed by atoms with Crippen molar-refractivity contribution in [3.63, 3.8) is 0 Å². The van der Waals surface area contributed by atoms with Gasteiger partial charge in [0.05, 0.1) is 13.7 Å². The van der Waals surface area contributed by atoms with Gasteiger partial charge in [-0.1, -0.05) is 24.3 Å². The van der Waals surface area contributed by atoms with Crippen molar-refractivity contribution in [2.45, 2.75) is 20.0 Å². The highest BCUT2D eigenvalue weighted by Gasteiger charge is 2.07. The third-order valence-electron chi connectivity index (χ3n) is 3.40. The van der Waals surface area contributed by atoms with Crippen molar-refractivity contribution in [2.75, 3.05) is 13.7 Å². The topological polar surface area (TPSA) is 65.9 Å². The van der Waals surface area contributed by atoms with Gasteiger partial charge < -0.3 is 20.5 Å². The van der Waals surface area contributed by atoms with Crippen molar-refractivity contribution in [3.05, 3.63) is 59.4 Å². The van der Waals surface area contributed by atoms with Crippen molar-refractivity contribution >= 4 is 5.96 Å². The number of nitrogens with zero attached hydrogens (tertiary/aromatic N) is 1. The average Bonchev–Trinajstić information content (AvgIpc) is 2.58. The van der Waals surface area contributed by atoms with Gasteiger partial charge in [0.2, 0.25) is 0 Å². The van der Waals surface area contributed by atoms with E-state index in [9.17, 15) is 9.50 Å². The van der Waals surface area contributed by atoms with Crippen LogP contribution in [0.5, 0.6) is 11.5 Å². The molecule has 0 heterocycles. The number of para-hydroxylation sites is 1. The van der Waals surface area contributed by atoms with Crippen LogP contribution in [0.2, 0.25) is 0 Å². The van der Waals surface area contributed by atoms with Crippen LogP contribution in [-0.4, -0.2) is 24.7 Å². The standard InChI is InChI=1S/C18H22FN3O2/c1-3-20-18(21-11-13-6-4-8-15(19)10-13)22-12-14-7-5-9-16(24-2)17(14)23/h4-10,23H,3,11-12H2,1-2H3,(H2,20,21,22). The molecule has 0 saturated heterocycles. The van der Waals surface area contributed by atoms with E-state index in [4.69, 9.17) is 4.74 Å². The molecule has 0 aliphatic carbocycles. The zero-order valence-corrected chi connectivity index (χ0v) is 13.8. The maximum absolute atomic E-state index is 13.2. The summed E-state index contributed by atoms with van der Waals surface area (Å²) in [4.78, 5) is 4.43. The Kier molecular flexibility index (Phi) is 6.42. The van der Waals surface area contributed by atoms with E-state index in [-0.39, 0.29) is 11.6 Å². The second-order valence-corrected chi connectivity index (χ2v) is 5.15. The number of hydrogen-bond acceptors (Lipinski definition) is 3. The van der Waals surface area contributed by atoms with E-state index in [1.54, 1.807) is 18.2 Å². The maximum Gasteiger partial charge on any atom is 0.191 e. The maximum atomic E-state index is 13.2. The quantitative estimate of drug-likeness (QED) is 0.562. The molecule has 0 aliphatic rings. The Morgan fingerprint density at radius 1 is 1.21 bits per heavy atom. The van der Waals surface area contributed by atoms with E-state index >= 15 is 0 Å². The number of aliphatic imine (C=N–C) groups is 1. The monoisotopic (exact) mass is 331 g/mol. The summed E-state index contributed by atoms with van der Waals surface area (Å²) in [5.41, 5.74) is 1.49. The van der Waals surface area contributed by atoms with Gasteiger partial charge in [-0.2, -0.15) is 0 Å². The van der Waals surface area contributed by atoms with E-state index in [0.717, 1.165) is 5.56 Å². The molecule has 6 heteroatoms. The highest BCUT2D eigenvalue weighted by molar-refractivity contribution is 5.79. The number of benzene rings is 2. The van der Waals surface area contributed by atoms with Gasteiger partial charge in [0.1, 0.15) is 5.82 Å². The second-order valence-electron chi connectivity index (χ2n) is 5.15. The fourth-order valence-corrected chi connectivity index (χ4v) is 2.20. The molecule has 0 bridgehead atoms. The Hall–Kier alpha value is -2.76. The van der Waals surface area contributed by atoms with Gasteiger partial charge >= 0.3 is 0 Å². The van der Waals surface area contributed by atoms with Gasteiger partial charge in [-0.3, -0.25) is 0 Å². The van der Waals surface area contributed by atoms with E-state index in [1.165, 1.54) is 19.2 Å². The molecule has 0 fully saturated rings. The summed E-state index contributed by atoms with van der Waals surface area (Å²) in [5, 5.41) is 16.4. The molecule has 0 unspecified atom stereocenters. The first-order chi connectivity index (χ1) is 11.6. The number of hydrogen-bond donors (Lipinski definition) is 3. The lowest BCUT2D eigenvalue weighted by atomic mass is 10.2. The summed E-state index contributed by atoms with van der Waals surface area (Å²) >= 11 is 0. The fourth-order valence-electron chi connectivity index (χ4n) is 2.20. The minimum Gasteiger partial charge on any atom is -0.504 e. The summed E-state index contributed by atoms with van der Waals surface area (Å²) in [6.07, 6.45) is 0. The lowest BCUT2D eigenvalue weighted by molar-refractivity contribution is 0.370. The lowest BCUT2D eigenvalue weighted by Gasteiger charge is -2.13. The van der Waals surface area contributed by atoms with Crippen LogP contribution < -0.4 is 15.4 Å². The molecule has 0 atom stereocenters. The van der Waals surface area contributed by atoms with Crippen molar-refractivity contribution in [1.82, 2.24) is 10.6 Å². The smallest absolute Gasteiger partial charge is 0.191 e. The van der Waals surface area contributed by atoms with Crippen LogP contribution in [0.25, 0.3) is 0 Å². The molecule has 24 heavy (non-hydrogen) atoms. The summed E-state index contributed by atoms with van der Waals surface area (Å²) in [7, 11) is 1.51. The molecule has 0 aliphatic heterocycles. The van der Waals surface area contributed by atoms with Crippen molar-refractivity contribution in [1.29, 1.82) is 0 Å². The van der Waals surface area contributed by atoms with Crippen LogP contribution in [0.15, 0.2) is 47.5 Å².